The van der Waals surface area contributed by atoms with Crippen molar-refractivity contribution in [3.8, 4) is 0 Å². The van der Waals surface area contributed by atoms with Crippen LogP contribution in [0.1, 0.15) is 33.3 Å². The average molecular weight is 468 g/mol. The minimum atomic E-state index is -0.413. The molecule has 6 nitrogen and oxygen atoms in total. The van der Waals surface area contributed by atoms with Crippen molar-refractivity contribution in [2.24, 2.45) is 0 Å². The van der Waals surface area contributed by atoms with Crippen LogP contribution < -0.4 is 5.32 Å². The number of nitrogens with zero attached hydrogens (tertiary/aromatic N) is 2. The summed E-state index contributed by atoms with van der Waals surface area (Å²) in [6.45, 7) is 9.87. The Hall–Kier alpha value is -2.00. The second-order valence-electron chi connectivity index (χ2n) is 7.56. The highest BCUT2D eigenvalue weighted by molar-refractivity contribution is 7.16. The highest BCUT2D eigenvalue weighted by Gasteiger charge is 2.24. The minimum absolute atomic E-state index is 0.133. The molecular weight excluding hydrogens is 441 g/mol. The lowest BCUT2D eigenvalue weighted by Crippen LogP contribution is -2.48. The smallest absolute Gasteiger partial charge is 0.341 e. The Balaban J connectivity index is 1.52. The lowest BCUT2D eigenvalue weighted by atomic mass is 10.1. The molecule has 9 heteroatoms. The standard InChI is InChI=1S/C22H27ClFN3O3S/c1-4-30-22(29)20-14(2)15(3)31-21(20)25-19(28)13-27-9-7-26(8-10-27)12-16-5-6-18(24)17(23)11-16/h5-6,11H,4,7-10,12-13H2,1-3H3,(H,25,28). The van der Waals surface area contributed by atoms with Gasteiger partial charge in [-0.2, -0.15) is 0 Å². The van der Waals surface area contributed by atoms with Gasteiger partial charge in [-0.05, 0) is 44.0 Å². The molecule has 0 atom stereocenters. The van der Waals surface area contributed by atoms with Gasteiger partial charge < -0.3 is 10.1 Å². The third kappa shape index (κ3) is 6.04. The molecule has 0 unspecified atom stereocenters. The first-order valence-electron chi connectivity index (χ1n) is 10.2. The number of hydrogen-bond acceptors (Lipinski definition) is 6. The summed E-state index contributed by atoms with van der Waals surface area (Å²) >= 11 is 7.26. The number of halogens is 2. The zero-order valence-corrected chi connectivity index (χ0v) is 19.5. The first kappa shape index (κ1) is 23.7. The number of rotatable bonds is 7. The van der Waals surface area contributed by atoms with Gasteiger partial charge in [0.1, 0.15) is 10.8 Å². The van der Waals surface area contributed by atoms with Crippen LogP contribution in [-0.4, -0.2) is 61.0 Å². The van der Waals surface area contributed by atoms with E-state index in [1.807, 2.05) is 13.8 Å². The summed E-state index contributed by atoms with van der Waals surface area (Å²) in [5.74, 6) is -0.969. The van der Waals surface area contributed by atoms with E-state index >= 15 is 0 Å². The van der Waals surface area contributed by atoms with Crippen LogP contribution >= 0.6 is 22.9 Å². The van der Waals surface area contributed by atoms with Crippen LogP contribution in [0.25, 0.3) is 0 Å². The summed E-state index contributed by atoms with van der Waals surface area (Å²) in [6, 6.07) is 4.78. The number of nitrogens with one attached hydrogen (secondary N) is 1. The predicted molar refractivity (Wildman–Crippen MR) is 122 cm³/mol. The van der Waals surface area contributed by atoms with E-state index in [4.69, 9.17) is 16.3 Å². The fraction of sp³-hybridized carbons (Fsp3) is 0.455. The third-order valence-corrected chi connectivity index (χ3v) is 6.75. The molecule has 1 aliphatic heterocycles. The normalized spacial score (nSPS) is 15.1. The van der Waals surface area contributed by atoms with Gasteiger partial charge in [0.25, 0.3) is 0 Å². The molecule has 3 rings (SSSR count). The van der Waals surface area contributed by atoms with Crippen LogP contribution in [0.5, 0.6) is 0 Å². The monoisotopic (exact) mass is 467 g/mol. The quantitative estimate of drug-likeness (QED) is 0.621. The Bertz CT molecular complexity index is 958. The van der Waals surface area contributed by atoms with Crippen LogP contribution in [0.3, 0.4) is 0 Å². The second kappa shape index (κ2) is 10.5. The van der Waals surface area contributed by atoms with Crippen molar-refractivity contribution in [3.63, 3.8) is 0 Å². The lowest BCUT2D eigenvalue weighted by molar-refractivity contribution is -0.117. The number of amides is 1. The molecule has 1 aromatic carbocycles. The first-order chi connectivity index (χ1) is 14.8. The maximum absolute atomic E-state index is 13.3. The molecule has 168 valence electrons. The van der Waals surface area contributed by atoms with Crippen molar-refractivity contribution in [3.05, 3.63) is 50.6 Å². The summed E-state index contributed by atoms with van der Waals surface area (Å²) in [6.07, 6.45) is 0. The molecule has 0 aliphatic carbocycles. The molecule has 0 saturated carbocycles. The van der Waals surface area contributed by atoms with E-state index in [2.05, 4.69) is 15.1 Å². The zero-order chi connectivity index (χ0) is 22.5. The minimum Gasteiger partial charge on any atom is -0.462 e. The number of esters is 1. The van der Waals surface area contributed by atoms with E-state index in [0.29, 0.717) is 17.1 Å². The van der Waals surface area contributed by atoms with Crippen molar-refractivity contribution in [1.29, 1.82) is 0 Å². The number of benzene rings is 1. The molecule has 1 aromatic heterocycles. The molecule has 2 heterocycles. The summed E-state index contributed by atoms with van der Waals surface area (Å²) in [5, 5.41) is 3.57. The molecule has 1 fully saturated rings. The van der Waals surface area contributed by atoms with E-state index in [-0.39, 0.29) is 24.1 Å². The number of carbonyl (C=O) groups is 2. The Morgan fingerprint density at radius 1 is 1.19 bits per heavy atom. The van der Waals surface area contributed by atoms with Crippen LogP contribution in [0, 0.1) is 19.7 Å². The highest BCUT2D eigenvalue weighted by atomic mass is 35.5. The number of thiophene rings is 1. The van der Waals surface area contributed by atoms with Gasteiger partial charge in [0, 0.05) is 37.6 Å². The number of anilines is 1. The van der Waals surface area contributed by atoms with Gasteiger partial charge in [0.2, 0.25) is 5.91 Å². The average Bonchev–Trinajstić information content (AvgIpc) is 2.99. The van der Waals surface area contributed by atoms with Crippen molar-refractivity contribution in [1.82, 2.24) is 9.80 Å². The van der Waals surface area contributed by atoms with Gasteiger partial charge in [-0.15, -0.1) is 11.3 Å². The zero-order valence-electron chi connectivity index (χ0n) is 18.0. The SMILES string of the molecule is CCOC(=O)c1c(NC(=O)CN2CCN(Cc3ccc(F)c(Cl)c3)CC2)sc(C)c1C. The topological polar surface area (TPSA) is 61.9 Å². The van der Waals surface area contributed by atoms with Crippen LogP contribution in [0.15, 0.2) is 18.2 Å². The molecule has 1 amide bonds. The molecule has 0 radical (unpaired) electrons. The van der Waals surface area contributed by atoms with Gasteiger partial charge in [0.05, 0.1) is 23.7 Å². The number of carbonyl (C=O) groups excluding carboxylic acids is 2. The molecule has 0 spiro atoms. The second-order valence-corrected chi connectivity index (χ2v) is 9.19. The fourth-order valence-corrected chi connectivity index (χ4v) is 4.80. The number of ether oxygens (including phenoxy) is 1. The Morgan fingerprint density at radius 2 is 1.87 bits per heavy atom. The molecule has 31 heavy (non-hydrogen) atoms. The predicted octanol–water partition coefficient (Wildman–Crippen LogP) is 4.09. The number of hydrogen-bond donors (Lipinski definition) is 1. The van der Waals surface area contributed by atoms with E-state index in [1.54, 1.807) is 19.1 Å². The molecule has 1 aliphatic rings. The van der Waals surface area contributed by atoms with Crippen molar-refractivity contribution in [2.75, 3.05) is 44.6 Å². The Labute approximate surface area is 190 Å². The fourth-order valence-electron chi connectivity index (χ4n) is 3.54. The van der Waals surface area contributed by atoms with Crippen LogP contribution in [0.4, 0.5) is 9.39 Å². The van der Waals surface area contributed by atoms with Gasteiger partial charge >= 0.3 is 5.97 Å². The Morgan fingerprint density at radius 3 is 2.52 bits per heavy atom. The first-order valence-corrected chi connectivity index (χ1v) is 11.4. The van der Waals surface area contributed by atoms with Crippen molar-refractivity contribution >= 4 is 39.8 Å². The summed E-state index contributed by atoms with van der Waals surface area (Å²) < 4.78 is 18.5. The largest absolute Gasteiger partial charge is 0.462 e. The summed E-state index contributed by atoms with van der Waals surface area (Å²) in [4.78, 5) is 30.2. The Kier molecular flexibility index (Phi) is 8.05. The highest BCUT2D eigenvalue weighted by Crippen LogP contribution is 2.33. The van der Waals surface area contributed by atoms with E-state index in [0.717, 1.165) is 42.2 Å². The van der Waals surface area contributed by atoms with Crippen molar-refractivity contribution < 1.29 is 18.7 Å². The maximum Gasteiger partial charge on any atom is 0.341 e. The summed E-state index contributed by atoms with van der Waals surface area (Å²) in [5.41, 5.74) is 2.25. The van der Waals surface area contributed by atoms with Gasteiger partial charge in [-0.25, -0.2) is 9.18 Å². The molecule has 0 bridgehead atoms. The van der Waals surface area contributed by atoms with Gasteiger partial charge in [-0.3, -0.25) is 14.6 Å². The molecule has 2 aromatic rings. The third-order valence-electron chi connectivity index (χ3n) is 5.34. The van der Waals surface area contributed by atoms with E-state index in [9.17, 15) is 14.0 Å². The lowest BCUT2D eigenvalue weighted by Gasteiger charge is -2.34. The summed E-state index contributed by atoms with van der Waals surface area (Å²) in [7, 11) is 0. The van der Waals surface area contributed by atoms with E-state index < -0.39 is 11.8 Å². The van der Waals surface area contributed by atoms with Gasteiger partial charge in [-0.1, -0.05) is 17.7 Å². The van der Waals surface area contributed by atoms with Crippen molar-refractivity contribution in [2.45, 2.75) is 27.3 Å². The molecule has 1 N–H and O–H groups in total. The number of aryl methyl sites for hydroxylation is 1. The molecule has 1 saturated heterocycles. The number of piperazine rings is 1. The van der Waals surface area contributed by atoms with Crippen LogP contribution in [0.2, 0.25) is 5.02 Å². The maximum atomic E-state index is 13.3. The van der Waals surface area contributed by atoms with Crippen LogP contribution in [-0.2, 0) is 16.1 Å². The van der Waals surface area contributed by atoms with E-state index in [1.165, 1.54) is 17.4 Å². The van der Waals surface area contributed by atoms with Gasteiger partial charge in [0.15, 0.2) is 0 Å². The molecular formula is C22H27ClFN3O3S.